The summed E-state index contributed by atoms with van der Waals surface area (Å²) in [7, 11) is 1.67. The van der Waals surface area contributed by atoms with Gasteiger partial charge in [-0.25, -0.2) is 0 Å². The molecular weight excluding hydrogens is 192 g/mol. The molecule has 0 fully saturated rings. The highest BCUT2D eigenvalue weighted by Crippen LogP contribution is 1.96. The monoisotopic (exact) mass is 216 g/mol. The normalized spacial score (nSPS) is 14.7. The summed E-state index contributed by atoms with van der Waals surface area (Å²) in [5.74, 6) is 0.504. The van der Waals surface area contributed by atoms with Crippen LogP contribution < -0.4 is 10.6 Å². The largest absolute Gasteiger partial charge is 0.384 e. The van der Waals surface area contributed by atoms with Crippen molar-refractivity contribution in [3.63, 3.8) is 0 Å². The maximum Gasteiger partial charge on any atom is 0.224 e. The number of amides is 1. The van der Waals surface area contributed by atoms with Gasteiger partial charge >= 0.3 is 0 Å². The van der Waals surface area contributed by atoms with Gasteiger partial charge < -0.3 is 15.4 Å². The quantitative estimate of drug-likeness (QED) is 0.626. The van der Waals surface area contributed by atoms with Crippen molar-refractivity contribution in [1.82, 2.24) is 10.6 Å². The van der Waals surface area contributed by atoms with Gasteiger partial charge in [-0.05, 0) is 12.5 Å². The molecule has 90 valence electrons. The lowest BCUT2D eigenvalue weighted by Gasteiger charge is -2.15. The number of carbonyl (C=O) groups is 1. The second-order valence-corrected chi connectivity index (χ2v) is 4.01. The Morgan fingerprint density at radius 1 is 1.33 bits per heavy atom. The van der Waals surface area contributed by atoms with Crippen molar-refractivity contribution in [3.05, 3.63) is 0 Å². The molecule has 0 aliphatic heterocycles. The van der Waals surface area contributed by atoms with E-state index >= 15 is 0 Å². The summed E-state index contributed by atoms with van der Waals surface area (Å²) >= 11 is 0. The Bertz CT molecular complexity index is 174. The zero-order valence-corrected chi connectivity index (χ0v) is 10.3. The van der Waals surface area contributed by atoms with Crippen molar-refractivity contribution in [2.75, 3.05) is 33.4 Å². The smallest absolute Gasteiger partial charge is 0.224 e. The van der Waals surface area contributed by atoms with Crippen LogP contribution in [0.2, 0.25) is 0 Å². The predicted molar refractivity (Wildman–Crippen MR) is 61.8 cm³/mol. The van der Waals surface area contributed by atoms with Gasteiger partial charge in [-0.1, -0.05) is 20.8 Å². The Balaban J connectivity index is 3.63. The molecular formula is C11H24N2O2. The Morgan fingerprint density at radius 3 is 2.53 bits per heavy atom. The average molecular weight is 216 g/mol. The fourth-order valence-electron chi connectivity index (χ4n) is 1.25. The first-order valence-electron chi connectivity index (χ1n) is 5.59. The number of rotatable bonds is 8. The zero-order valence-electron chi connectivity index (χ0n) is 10.3. The molecule has 0 heterocycles. The fourth-order valence-corrected chi connectivity index (χ4v) is 1.25. The lowest BCUT2D eigenvalue weighted by Crippen LogP contribution is -2.37. The molecule has 0 radical (unpaired) electrons. The van der Waals surface area contributed by atoms with Crippen LogP contribution in [0.3, 0.4) is 0 Å². The van der Waals surface area contributed by atoms with Crippen molar-refractivity contribution in [3.8, 4) is 0 Å². The van der Waals surface area contributed by atoms with E-state index < -0.39 is 0 Å². The van der Waals surface area contributed by atoms with Gasteiger partial charge in [0.05, 0.1) is 6.61 Å². The van der Waals surface area contributed by atoms with Gasteiger partial charge in [0.1, 0.15) is 0 Å². The summed E-state index contributed by atoms with van der Waals surface area (Å²) in [5, 5.41) is 6.07. The Kier molecular flexibility index (Phi) is 8.33. The molecule has 0 rings (SSSR count). The van der Waals surface area contributed by atoms with E-state index in [0.717, 1.165) is 13.1 Å². The molecule has 4 nitrogen and oxygen atoms in total. The summed E-state index contributed by atoms with van der Waals surface area (Å²) in [4.78, 5) is 11.6. The van der Waals surface area contributed by atoms with E-state index in [0.29, 0.717) is 19.1 Å². The van der Waals surface area contributed by atoms with Crippen molar-refractivity contribution in [1.29, 1.82) is 0 Å². The molecule has 0 aliphatic rings. The van der Waals surface area contributed by atoms with E-state index in [1.807, 2.05) is 13.8 Å². The van der Waals surface area contributed by atoms with Gasteiger partial charge in [-0.3, -0.25) is 4.79 Å². The van der Waals surface area contributed by atoms with Gasteiger partial charge in [-0.2, -0.15) is 0 Å². The summed E-state index contributed by atoms with van der Waals surface area (Å²) in [6.45, 7) is 9.02. The second kappa shape index (κ2) is 8.68. The van der Waals surface area contributed by atoms with Crippen LogP contribution in [0.4, 0.5) is 0 Å². The highest BCUT2D eigenvalue weighted by atomic mass is 16.5. The molecule has 2 N–H and O–H groups in total. The molecule has 0 aliphatic carbocycles. The topological polar surface area (TPSA) is 50.4 Å². The first-order valence-corrected chi connectivity index (χ1v) is 5.59. The summed E-state index contributed by atoms with van der Waals surface area (Å²) in [6, 6.07) is 0. The van der Waals surface area contributed by atoms with E-state index in [4.69, 9.17) is 4.74 Å². The van der Waals surface area contributed by atoms with Crippen LogP contribution in [-0.2, 0) is 9.53 Å². The number of hydrogen-bond acceptors (Lipinski definition) is 3. The third kappa shape index (κ3) is 7.33. The minimum absolute atomic E-state index is 0.0275. The van der Waals surface area contributed by atoms with E-state index in [9.17, 15) is 4.79 Å². The Labute approximate surface area is 92.8 Å². The standard InChI is InChI=1S/C11H24N2O2/c1-5-12-7-10(3)11(14)13-6-9(2)8-15-4/h9-10,12H,5-8H2,1-4H3,(H,13,14). The van der Waals surface area contributed by atoms with Crippen LogP contribution in [0.15, 0.2) is 0 Å². The van der Waals surface area contributed by atoms with E-state index in [1.165, 1.54) is 0 Å². The van der Waals surface area contributed by atoms with Gasteiger partial charge in [-0.15, -0.1) is 0 Å². The molecule has 0 bridgehead atoms. The first-order chi connectivity index (χ1) is 7.11. The molecule has 4 heteroatoms. The number of carbonyl (C=O) groups excluding carboxylic acids is 1. The van der Waals surface area contributed by atoms with Gasteiger partial charge in [0.2, 0.25) is 5.91 Å². The lowest BCUT2D eigenvalue weighted by atomic mass is 10.1. The van der Waals surface area contributed by atoms with E-state index in [-0.39, 0.29) is 11.8 Å². The molecule has 0 aromatic carbocycles. The van der Waals surface area contributed by atoms with Crippen LogP contribution in [0, 0.1) is 11.8 Å². The molecule has 2 atom stereocenters. The molecule has 15 heavy (non-hydrogen) atoms. The third-order valence-corrected chi connectivity index (χ3v) is 2.22. The molecule has 2 unspecified atom stereocenters. The first kappa shape index (κ1) is 14.4. The molecule has 0 saturated heterocycles. The van der Waals surface area contributed by atoms with Crippen LogP contribution in [-0.4, -0.2) is 39.3 Å². The average Bonchev–Trinajstić information content (AvgIpc) is 2.22. The zero-order chi connectivity index (χ0) is 11.7. The molecule has 0 aromatic heterocycles. The fraction of sp³-hybridized carbons (Fsp3) is 0.909. The van der Waals surface area contributed by atoms with Crippen LogP contribution in [0.25, 0.3) is 0 Å². The highest BCUT2D eigenvalue weighted by molar-refractivity contribution is 5.78. The van der Waals surface area contributed by atoms with Crippen LogP contribution in [0.1, 0.15) is 20.8 Å². The van der Waals surface area contributed by atoms with Crippen molar-refractivity contribution in [2.45, 2.75) is 20.8 Å². The molecule has 1 amide bonds. The van der Waals surface area contributed by atoms with Crippen LogP contribution >= 0.6 is 0 Å². The predicted octanol–water partition coefficient (Wildman–Crippen LogP) is 0.631. The summed E-state index contributed by atoms with van der Waals surface area (Å²) in [6.07, 6.45) is 0. The van der Waals surface area contributed by atoms with Crippen LogP contribution in [0.5, 0.6) is 0 Å². The number of hydrogen-bond donors (Lipinski definition) is 2. The van der Waals surface area contributed by atoms with Crippen molar-refractivity contribution >= 4 is 5.91 Å². The lowest BCUT2D eigenvalue weighted by molar-refractivity contribution is -0.124. The van der Waals surface area contributed by atoms with E-state index in [2.05, 4.69) is 17.6 Å². The van der Waals surface area contributed by atoms with Gasteiger partial charge in [0.15, 0.2) is 0 Å². The Morgan fingerprint density at radius 2 is 2.00 bits per heavy atom. The molecule has 0 aromatic rings. The summed E-state index contributed by atoms with van der Waals surface area (Å²) in [5.41, 5.74) is 0. The van der Waals surface area contributed by atoms with Crippen molar-refractivity contribution in [2.24, 2.45) is 11.8 Å². The number of nitrogens with one attached hydrogen (secondary N) is 2. The van der Waals surface area contributed by atoms with Crippen molar-refractivity contribution < 1.29 is 9.53 Å². The van der Waals surface area contributed by atoms with Gasteiger partial charge in [0.25, 0.3) is 0 Å². The van der Waals surface area contributed by atoms with Gasteiger partial charge in [0, 0.05) is 26.1 Å². The number of methoxy groups -OCH3 is 1. The summed E-state index contributed by atoms with van der Waals surface area (Å²) < 4.78 is 5.00. The SMILES string of the molecule is CCNCC(C)C(=O)NCC(C)COC. The second-order valence-electron chi connectivity index (χ2n) is 4.01. The number of ether oxygens (including phenoxy) is 1. The Hall–Kier alpha value is -0.610. The minimum Gasteiger partial charge on any atom is -0.384 e. The molecule has 0 saturated carbocycles. The highest BCUT2D eigenvalue weighted by Gasteiger charge is 2.12. The van der Waals surface area contributed by atoms with E-state index in [1.54, 1.807) is 7.11 Å². The molecule has 0 spiro atoms. The maximum atomic E-state index is 11.6. The third-order valence-electron chi connectivity index (χ3n) is 2.22. The minimum atomic E-state index is 0.0275. The maximum absolute atomic E-state index is 11.6.